The molecule has 12 nitrogen and oxygen atoms in total. The Morgan fingerprint density at radius 3 is 1.46 bits per heavy atom. The van der Waals surface area contributed by atoms with Crippen molar-refractivity contribution in [3.63, 3.8) is 0 Å². The van der Waals surface area contributed by atoms with E-state index in [4.69, 9.17) is 18.9 Å². The third kappa shape index (κ3) is 5.34. The number of nitrogens with one attached hydrogen (secondary N) is 2. The first kappa shape index (κ1) is 31.1. The zero-order valence-electron chi connectivity index (χ0n) is 24.2. The number of hydrogen-bond acceptors (Lipinski definition) is 12. The fraction of sp³-hybridized carbons (Fsp3) is 0.429. The van der Waals surface area contributed by atoms with E-state index in [2.05, 4.69) is 20.6 Å². The normalized spacial score (nSPS) is 23.9. The third-order valence-corrected chi connectivity index (χ3v) is 7.60. The number of benzene rings is 2. The fourth-order valence-electron chi connectivity index (χ4n) is 5.64. The van der Waals surface area contributed by atoms with Crippen molar-refractivity contribution in [1.82, 2.24) is 10.6 Å². The minimum absolute atomic E-state index is 0.0321. The molecule has 246 valence electrons. The molecule has 2 atom stereocenters. The van der Waals surface area contributed by atoms with Gasteiger partial charge in [-0.25, -0.2) is 9.59 Å². The zero-order valence-corrected chi connectivity index (χ0v) is 24.2. The number of nitrogens with zero attached hydrogens (tertiary/aromatic N) is 4. The van der Waals surface area contributed by atoms with Gasteiger partial charge in [0.25, 0.3) is 0 Å². The Bertz CT molecular complexity index is 1530. The average molecular weight is 657 g/mol. The molecule has 0 bridgehead atoms. The van der Waals surface area contributed by atoms with Crippen molar-refractivity contribution in [2.24, 2.45) is 9.98 Å². The van der Waals surface area contributed by atoms with Gasteiger partial charge in [0.2, 0.25) is 0 Å². The number of carbonyl (C=O) groups excluding carboxylic acids is 2. The molecule has 4 heterocycles. The highest BCUT2D eigenvalue weighted by atomic mass is 19.4. The molecule has 46 heavy (non-hydrogen) atoms. The molecule has 0 fully saturated rings. The largest absolute Gasteiger partial charge is 0.441 e. The van der Waals surface area contributed by atoms with Crippen LogP contribution in [0, 0.1) is 0 Å². The molecular formula is C28H26F6N6O6. The number of esters is 2. The van der Waals surface area contributed by atoms with Gasteiger partial charge in [-0.1, -0.05) is 12.1 Å². The summed E-state index contributed by atoms with van der Waals surface area (Å²) < 4.78 is 106. The highest BCUT2D eigenvalue weighted by Gasteiger charge is 2.55. The van der Waals surface area contributed by atoms with Crippen molar-refractivity contribution in [2.45, 2.75) is 23.9 Å². The Hall–Kier alpha value is -4.90. The average Bonchev–Trinajstić information content (AvgIpc) is 3.72. The lowest BCUT2D eigenvalue weighted by Crippen LogP contribution is -2.63. The summed E-state index contributed by atoms with van der Waals surface area (Å²) in [5.74, 6) is -9.87. The first-order chi connectivity index (χ1) is 21.6. The number of likely N-dealkylation sites (N-methyl/N-ethyl adjacent to an activating group) is 2. The maximum atomic E-state index is 14.0. The standard InChI is InChI=1S/C28H26F6N6O6/c1-39-13-25(23-35-9-10-36-23,43-19-15(27(29,30)31)5-3-7-17(19)39)45-21(41)22(42)46-26(24-37-11-12-38-24)14-40(2)18-8-4-6-16(20(18)44-26)28(32,33)34/h3-8H,9-14H2,1-2H3,(H,35,36)(H,37,38). The molecule has 0 aromatic heterocycles. The summed E-state index contributed by atoms with van der Waals surface area (Å²) in [4.78, 5) is 37.9. The first-order valence-corrected chi connectivity index (χ1v) is 13.9. The number of carbonyl (C=O) groups is 2. The number of alkyl halides is 6. The van der Waals surface area contributed by atoms with Crippen LogP contribution in [0.4, 0.5) is 37.7 Å². The highest BCUT2D eigenvalue weighted by Crippen LogP contribution is 2.48. The number of hydrogen-bond donors (Lipinski definition) is 2. The number of halogens is 6. The van der Waals surface area contributed by atoms with E-state index in [1.165, 1.54) is 48.2 Å². The second kappa shape index (κ2) is 10.9. The van der Waals surface area contributed by atoms with Gasteiger partial charge < -0.3 is 39.4 Å². The summed E-state index contributed by atoms with van der Waals surface area (Å²) in [6.07, 6.45) is -9.72. The molecule has 0 aliphatic carbocycles. The number of amidine groups is 2. The number of para-hydroxylation sites is 2. The summed E-state index contributed by atoms with van der Waals surface area (Å²) >= 11 is 0. The number of fused-ring (bicyclic) bond motifs is 2. The van der Waals surface area contributed by atoms with E-state index in [1.54, 1.807) is 0 Å². The molecule has 2 aromatic carbocycles. The van der Waals surface area contributed by atoms with Crippen LogP contribution in [0.3, 0.4) is 0 Å². The van der Waals surface area contributed by atoms with E-state index in [0.717, 1.165) is 12.1 Å². The van der Waals surface area contributed by atoms with Crippen LogP contribution < -0.4 is 29.9 Å². The van der Waals surface area contributed by atoms with E-state index < -0.39 is 71.6 Å². The summed E-state index contributed by atoms with van der Waals surface area (Å²) in [5, 5.41) is 5.62. The SMILES string of the molecule is CN1CC(OC(=O)C(=O)OC2(C3=NCCN3)CN(C)c3cccc(C(F)(F)F)c3O2)(C2=NCCN2)Oc2c1cccc2C(F)(F)F. The molecule has 18 heteroatoms. The smallest absolute Gasteiger partial charge is 0.421 e. The van der Waals surface area contributed by atoms with Gasteiger partial charge in [-0.3, -0.25) is 9.98 Å². The predicted octanol–water partition coefficient (Wildman–Crippen LogP) is 2.56. The molecule has 2 unspecified atom stereocenters. The maximum absolute atomic E-state index is 14.0. The van der Waals surface area contributed by atoms with E-state index in [-0.39, 0.29) is 49.2 Å². The monoisotopic (exact) mass is 656 g/mol. The van der Waals surface area contributed by atoms with Gasteiger partial charge in [0, 0.05) is 27.2 Å². The van der Waals surface area contributed by atoms with Gasteiger partial charge in [0.05, 0.1) is 35.6 Å². The second-order valence-electron chi connectivity index (χ2n) is 10.8. The predicted molar refractivity (Wildman–Crippen MR) is 149 cm³/mol. The molecular weight excluding hydrogens is 630 g/mol. The molecule has 0 radical (unpaired) electrons. The van der Waals surface area contributed by atoms with Crippen molar-refractivity contribution in [3.8, 4) is 11.5 Å². The van der Waals surface area contributed by atoms with Crippen LogP contribution in [0.5, 0.6) is 11.5 Å². The zero-order chi connectivity index (χ0) is 33.1. The lowest BCUT2D eigenvalue weighted by atomic mass is 10.1. The number of anilines is 2. The van der Waals surface area contributed by atoms with Gasteiger partial charge in [-0.05, 0) is 24.3 Å². The molecule has 4 aliphatic rings. The van der Waals surface area contributed by atoms with Crippen LogP contribution >= 0.6 is 0 Å². The summed E-state index contributed by atoms with van der Waals surface area (Å²) in [5.41, 5.74) is -2.27. The van der Waals surface area contributed by atoms with Crippen LogP contribution in [-0.2, 0) is 31.4 Å². The highest BCUT2D eigenvalue weighted by molar-refractivity contribution is 6.30. The topological polar surface area (TPSA) is 126 Å². The Balaban J connectivity index is 1.34. The van der Waals surface area contributed by atoms with Gasteiger partial charge >= 0.3 is 35.9 Å². The summed E-state index contributed by atoms with van der Waals surface area (Å²) in [6.45, 7) is -0.00310. The Morgan fingerprint density at radius 2 is 1.13 bits per heavy atom. The van der Waals surface area contributed by atoms with Gasteiger partial charge in [0.1, 0.15) is 13.1 Å². The molecule has 6 rings (SSSR count). The van der Waals surface area contributed by atoms with Crippen LogP contribution in [-0.4, -0.2) is 88.5 Å². The molecule has 0 saturated carbocycles. The van der Waals surface area contributed by atoms with Gasteiger partial charge in [-0.2, -0.15) is 26.3 Å². The summed E-state index contributed by atoms with van der Waals surface area (Å²) in [7, 11) is 2.86. The Morgan fingerprint density at radius 1 is 0.739 bits per heavy atom. The second-order valence-corrected chi connectivity index (χ2v) is 10.8. The molecule has 2 aromatic rings. The van der Waals surface area contributed by atoms with E-state index in [1.807, 2.05) is 0 Å². The van der Waals surface area contributed by atoms with Crippen LogP contribution in [0.2, 0.25) is 0 Å². The molecule has 0 saturated heterocycles. The molecule has 4 aliphatic heterocycles. The Kier molecular flexibility index (Phi) is 7.35. The molecule has 0 spiro atoms. The minimum atomic E-state index is -4.86. The minimum Gasteiger partial charge on any atom is -0.441 e. The van der Waals surface area contributed by atoms with Crippen molar-refractivity contribution in [2.75, 3.05) is 63.2 Å². The maximum Gasteiger partial charge on any atom is 0.421 e. The van der Waals surface area contributed by atoms with Gasteiger partial charge in [-0.15, -0.1) is 0 Å². The molecule has 0 amide bonds. The van der Waals surface area contributed by atoms with Crippen molar-refractivity contribution in [1.29, 1.82) is 0 Å². The quantitative estimate of drug-likeness (QED) is 0.288. The van der Waals surface area contributed by atoms with Crippen LogP contribution in [0.1, 0.15) is 11.1 Å². The fourth-order valence-corrected chi connectivity index (χ4v) is 5.64. The number of ether oxygens (including phenoxy) is 4. The number of aliphatic imine (C=N–C) groups is 2. The molecule has 2 N–H and O–H groups in total. The van der Waals surface area contributed by atoms with E-state index in [9.17, 15) is 35.9 Å². The van der Waals surface area contributed by atoms with Gasteiger partial charge in [0.15, 0.2) is 23.2 Å². The lowest BCUT2D eigenvalue weighted by Gasteiger charge is -2.43. The van der Waals surface area contributed by atoms with Crippen LogP contribution in [0.25, 0.3) is 0 Å². The first-order valence-electron chi connectivity index (χ1n) is 13.9. The lowest BCUT2D eigenvalue weighted by molar-refractivity contribution is -0.204. The van der Waals surface area contributed by atoms with Crippen molar-refractivity contribution in [3.05, 3.63) is 47.5 Å². The van der Waals surface area contributed by atoms with E-state index >= 15 is 0 Å². The van der Waals surface area contributed by atoms with E-state index in [0.29, 0.717) is 0 Å². The van der Waals surface area contributed by atoms with Crippen molar-refractivity contribution >= 4 is 35.0 Å². The number of rotatable bonds is 4. The third-order valence-electron chi connectivity index (χ3n) is 7.60. The van der Waals surface area contributed by atoms with Crippen LogP contribution in [0.15, 0.2) is 46.4 Å². The summed E-state index contributed by atoms with van der Waals surface area (Å²) in [6, 6.07) is 6.69. The Labute approximate surface area is 256 Å². The van der Waals surface area contributed by atoms with Crippen molar-refractivity contribution < 1.29 is 54.9 Å².